The molecule has 19 heavy (non-hydrogen) atoms. The fourth-order valence-corrected chi connectivity index (χ4v) is 2.22. The van der Waals surface area contributed by atoms with Crippen LogP contribution in [0.5, 0.6) is 0 Å². The molecule has 2 rings (SSSR count). The number of nitrogens with one attached hydrogen (secondary N) is 1. The highest BCUT2D eigenvalue weighted by atomic mass is 35.5. The standard InChI is InChI=1S/C13H15ClF3NO/c14-10-3-1-9(2-4-10)5-11-8-19-12(7-18-11)6-13(15,16)17/h1-4,11-12,18H,5-8H2. The van der Waals surface area contributed by atoms with Crippen LogP contribution in [0.25, 0.3) is 0 Å². The van der Waals surface area contributed by atoms with Crippen molar-refractivity contribution in [2.75, 3.05) is 13.2 Å². The lowest BCUT2D eigenvalue weighted by molar-refractivity contribution is -0.165. The van der Waals surface area contributed by atoms with Gasteiger partial charge < -0.3 is 10.1 Å². The van der Waals surface area contributed by atoms with Gasteiger partial charge in [0.2, 0.25) is 0 Å². The van der Waals surface area contributed by atoms with Gasteiger partial charge >= 0.3 is 6.18 Å². The summed E-state index contributed by atoms with van der Waals surface area (Å²) in [6, 6.07) is 7.46. The quantitative estimate of drug-likeness (QED) is 0.924. The first-order valence-electron chi connectivity index (χ1n) is 6.08. The molecule has 0 amide bonds. The van der Waals surface area contributed by atoms with Gasteiger partial charge in [-0.15, -0.1) is 0 Å². The largest absolute Gasteiger partial charge is 0.391 e. The molecule has 1 aromatic carbocycles. The van der Waals surface area contributed by atoms with E-state index in [1.54, 1.807) is 12.1 Å². The lowest BCUT2D eigenvalue weighted by Crippen LogP contribution is -2.48. The third-order valence-electron chi connectivity index (χ3n) is 3.02. The minimum atomic E-state index is -4.17. The van der Waals surface area contributed by atoms with Crippen LogP contribution in [0.4, 0.5) is 13.2 Å². The van der Waals surface area contributed by atoms with Crippen LogP contribution in [-0.2, 0) is 11.2 Å². The maximum atomic E-state index is 12.2. The predicted octanol–water partition coefficient (Wildman–Crippen LogP) is 3.19. The molecule has 1 heterocycles. The lowest BCUT2D eigenvalue weighted by atomic mass is 10.0. The lowest BCUT2D eigenvalue weighted by Gasteiger charge is -2.31. The van der Waals surface area contributed by atoms with Crippen LogP contribution < -0.4 is 5.32 Å². The second-order valence-corrected chi connectivity index (χ2v) is 5.15. The maximum absolute atomic E-state index is 12.2. The van der Waals surface area contributed by atoms with Crippen molar-refractivity contribution in [3.05, 3.63) is 34.9 Å². The molecule has 1 N–H and O–H groups in total. The zero-order chi connectivity index (χ0) is 13.9. The third kappa shape index (κ3) is 5.01. The first kappa shape index (κ1) is 14.6. The molecular formula is C13H15ClF3NO. The van der Waals surface area contributed by atoms with E-state index in [2.05, 4.69) is 5.32 Å². The number of rotatable bonds is 3. The normalized spacial score (nSPS) is 24.4. The number of morpholine rings is 1. The van der Waals surface area contributed by atoms with Crippen molar-refractivity contribution in [1.29, 1.82) is 0 Å². The van der Waals surface area contributed by atoms with Crippen molar-refractivity contribution in [3.8, 4) is 0 Å². The molecule has 0 aliphatic carbocycles. The molecule has 0 bridgehead atoms. The molecule has 2 unspecified atom stereocenters. The third-order valence-corrected chi connectivity index (χ3v) is 3.27. The molecule has 0 saturated carbocycles. The van der Waals surface area contributed by atoms with Crippen LogP contribution in [0.1, 0.15) is 12.0 Å². The Kier molecular flexibility index (Phi) is 4.71. The molecule has 1 saturated heterocycles. The molecule has 1 aromatic rings. The van der Waals surface area contributed by atoms with Crippen LogP contribution in [0.3, 0.4) is 0 Å². The van der Waals surface area contributed by atoms with Gasteiger partial charge in [-0.2, -0.15) is 13.2 Å². The summed E-state index contributed by atoms with van der Waals surface area (Å²) in [5, 5.41) is 3.77. The highest BCUT2D eigenvalue weighted by molar-refractivity contribution is 6.30. The monoisotopic (exact) mass is 293 g/mol. The molecule has 106 valence electrons. The smallest absolute Gasteiger partial charge is 0.375 e. The highest BCUT2D eigenvalue weighted by Crippen LogP contribution is 2.24. The minimum absolute atomic E-state index is 0.0469. The molecule has 1 fully saturated rings. The van der Waals surface area contributed by atoms with Gasteiger partial charge in [-0.1, -0.05) is 23.7 Å². The molecule has 6 heteroatoms. The average molecular weight is 294 g/mol. The summed E-state index contributed by atoms with van der Waals surface area (Å²) in [6.45, 7) is 0.529. The minimum Gasteiger partial charge on any atom is -0.375 e. The second kappa shape index (κ2) is 6.11. The van der Waals surface area contributed by atoms with E-state index in [1.807, 2.05) is 12.1 Å². The van der Waals surface area contributed by atoms with Gasteiger partial charge in [0.15, 0.2) is 0 Å². The first-order valence-corrected chi connectivity index (χ1v) is 6.46. The van der Waals surface area contributed by atoms with E-state index >= 15 is 0 Å². The highest BCUT2D eigenvalue weighted by Gasteiger charge is 2.34. The Hall–Kier alpha value is -0.780. The maximum Gasteiger partial charge on any atom is 0.391 e. The number of hydrogen-bond acceptors (Lipinski definition) is 2. The topological polar surface area (TPSA) is 21.3 Å². The van der Waals surface area contributed by atoms with Gasteiger partial charge in [-0.25, -0.2) is 0 Å². The predicted molar refractivity (Wildman–Crippen MR) is 67.4 cm³/mol. The van der Waals surface area contributed by atoms with Crippen molar-refractivity contribution in [1.82, 2.24) is 5.32 Å². The van der Waals surface area contributed by atoms with Crippen LogP contribution in [-0.4, -0.2) is 31.5 Å². The summed E-state index contributed by atoms with van der Waals surface area (Å²) in [7, 11) is 0. The summed E-state index contributed by atoms with van der Waals surface area (Å²) >= 11 is 5.79. The molecule has 2 atom stereocenters. The van der Waals surface area contributed by atoms with E-state index in [-0.39, 0.29) is 12.6 Å². The molecule has 1 aliphatic rings. The van der Waals surface area contributed by atoms with Gasteiger partial charge in [-0.05, 0) is 24.1 Å². The second-order valence-electron chi connectivity index (χ2n) is 4.71. The molecule has 0 spiro atoms. The first-order chi connectivity index (χ1) is 8.92. The van der Waals surface area contributed by atoms with Gasteiger partial charge in [0.05, 0.1) is 19.1 Å². The Morgan fingerprint density at radius 1 is 1.26 bits per heavy atom. The van der Waals surface area contributed by atoms with Gasteiger partial charge in [-0.3, -0.25) is 0 Å². The van der Waals surface area contributed by atoms with Crippen LogP contribution >= 0.6 is 11.6 Å². The Balaban J connectivity index is 1.79. The number of ether oxygens (including phenoxy) is 1. The fraction of sp³-hybridized carbons (Fsp3) is 0.538. The van der Waals surface area contributed by atoms with Crippen LogP contribution in [0, 0.1) is 0 Å². The van der Waals surface area contributed by atoms with E-state index in [1.165, 1.54) is 0 Å². The van der Waals surface area contributed by atoms with Crippen molar-refractivity contribution in [3.63, 3.8) is 0 Å². The number of hydrogen-bond donors (Lipinski definition) is 1. The summed E-state index contributed by atoms with van der Waals surface area (Å²) in [5.74, 6) is 0. The van der Waals surface area contributed by atoms with E-state index in [0.29, 0.717) is 11.6 Å². The zero-order valence-corrected chi connectivity index (χ0v) is 11.0. The number of alkyl halides is 3. The Bertz CT molecular complexity index is 399. The Morgan fingerprint density at radius 3 is 2.47 bits per heavy atom. The SMILES string of the molecule is FC(F)(F)CC1CNC(Cc2ccc(Cl)cc2)CO1. The molecule has 0 radical (unpaired) electrons. The van der Waals surface area contributed by atoms with Gasteiger partial charge in [0, 0.05) is 17.6 Å². The summed E-state index contributed by atoms with van der Waals surface area (Å²) < 4.78 is 41.9. The van der Waals surface area contributed by atoms with Crippen LogP contribution in [0.2, 0.25) is 5.02 Å². The van der Waals surface area contributed by atoms with Crippen molar-refractivity contribution < 1.29 is 17.9 Å². The molecular weight excluding hydrogens is 279 g/mol. The molecule has 2 nitrogen and oxygen atoms in total. The molecule has 0 aromatic heterocycles. The molecule has 1 aliphatic heterocycles. The summed E-state index contributed by atoms with van der Waals surface area (Å²) in [4.78, 5) is 0. The van der Waals surface area contributed by atoms with Crippen molar-refractivity contribution in [2.24, 2.45) is 0 Å². The van der Waals surface area contributed by atoms with E-state index in [9.17, 15) is 13.2 Å². The van der Waals surface area contributed by atoms with Gasteiger partial charge in [0.25, 0.3) is 0 Å². The van der Waals surface area contributed by atoms with E-state index in [4.69, 9.17) is 16.3 Å². The Morgan fingerprint density at radius 2 is 1.95 bits per heavy atom. The Labute approximate surface area is 114 Å². The van der Waals surface area contributed by atoms with Crippen molar-refractivity contribution >= 4 is 11.6 Å². The fourth-order valence-electron chi connectivity index (χ4n) is 2.09. The van der Waals surface area contributed by atoms with E-state index < -0.39 is 18.7 Å². The zero-order valence-electron chi connectivity index (χ0n) is 10.2. The van der Waals surface area contributed by atoms with Gasteiger partial charge in [0.1, 0.15) is 0 Å². The average Bonchev–Trinajstić information content (AvgIpc) is 2.33. The number of benzene rings is 1. The van der Waals surface area contributed by atoms with Crippen LogP contribution in [0.15, 0.2) is 24.3 Å². The van der Waals surface area contributed by atoms with E-state index in [0.717, 1.165) is 12.0 Å². The summed E-state index contributed by atoms with van der Waals surface area (Å²) in [5.41, 5.74) is 1.08. The summed E-state index contributed by atoms with van der Waals surface area (Å²) in [6.07, 6.45) is -5.12. The number of halogens is 4. The van der Waals surface area contributed by atoms with Crippen molar-refractivity contribution in [2.45, 2.75) is 31.2 Å².